The number of fused-ring (bicyclic) bond motifs is 1. The van der Waals surface area contributed by atoms with Gasteiger partial charge >= 0.3 is 5.97 Å². The molecule has 0 unspecified atom stereocenters. The third-order valence-corrected chi connectivity index (χ3v) is 4.01. The molecular weight excluding hydrogens is 248 g/mol. The Morgan fingerprint density at radius 3 is 2.45 bits per heavy atom. The average molecular weight is 266 g/mol. The summed E-state index contributed by atoms with van der Waals surface area (Å²) in [6, 6.07) is 12.1. The molecule has 0 heterocycles. The number of benzene rings is 2. The van der Waals surface area contributed by atoms with Gasteiger partial charge in [-0.3, -0.25) is 0 Å². The van der Waals surface area contributed by atoms with Gasteiger partial charge in [0.15, 0.2) is 0 Å². The molecular formula is C18H18O2. The zero-order chi connectivity index (χ0) is 14.1. The maximum atomic E-state index is 11.2. The molecule has 0 spiro atoms. The summed E-state index contributed by atoms with van der Waals surface area (Å²) in [5, 5.41) is 9.17. The standard InChI is InChI=1S/C18H18O2/c1-12-8-16(11-17(9-12)18(19)20)15-7-6-13-4-2-3-5-14(13)10-15/h6-11H,2-5H2,1H3,(H,19,20). The number of carboxylic acids is 1. The zero-order valence-electron chi connectivity index (χ0n) is 11.6. The fourth-order valence-corrected chi connectivity index (χ4v) is 2.99. The van der Waals surface area contributed by atoms with Gasteiger partial charge in [0.25, 0.3) is 0 Å². The Morgan fingerprint density at radius 1 is 0.950 bits per heavy atom. The highest BCUT2D eigenvalue weighted by atomic mass is 16.4. The summed E-state index contributed by atoms with van der Waals surface area (Å²) in [5.41, 5.74) is 6.33. The van der Waals surface area contributed by atoms with Gasteiger partial charge in [-0.15, -0.1) is 0 Å². The third-order valence-electron chi connectivity index (χ3n) is 4.01. The predicted octanol–water partition coefficient (Wildman–Crippen LogP) is 4.24. The summed E-state index contributed by atoms with van der Waals surface area (Å²) in [5.74, 6) is -0.868. The van der Waals surface area contributed by atoms with E-state index < -0.39 is 5.97 Å². The summed E-state index contributed by atoms with van der Waals surface area (Å²) < 4.78 is 0. The van der Waals surface area contributed by atoms with E-state index in [-0.39, 0.29) is 0 Å². The lowest BCUT2D eigenvalue weighted by Crippen LogP contribution is -2.02. The van der Waals surface area contributed by atoms with Gasteiger partial charge in [0.1, 0.15) is 0 Å². The molecule has 20 heavy (non-hydrogen) atoms. The Balaban J connectivity index is 2.06. The first kappa shape index (κ1) is 12.9. The lowest BCUT2D eigenvalue weighted by atomic mass is 9.88. The number of aromatic carboxylic acids is 1. The van der Waals surface area contributed by atoms with Crippen LogP contribution in [0.15, 0.2) is 36.4 Å². The Bertz CT molecular complexity index is 671. The molecule has 102 valence electrons. The molecule has 2 heteroatoms. The number of carboxylic acid groups (broad SMARTS) is 1. The van der Waals surface area contributed by atoms with Gasteiger partial charge in [0, 0.05) is 0 Å². The van der Waals surface area contributed by atoms with Crippen molar-refractivity contribution in [2.45, 2.75) is 32.6 Å². The second-order valence-electron chi connectivity index (χ2n) is 5.58. The lowest BCUT2D eigenvalue weighted by molar-refractivity contribution is 0.0697. The maximum absolute atomic E-state index is 11.2. The van der Waals surface area contributed by atoms with Crippen molar-refractivity contribution in [3.63, 3.8) is 0 Å². The second-order valence-corrected chi connectivity index (χ2v) is 5.58. The van der Waals surface area contributed by atoms with Crippen molar-refractivity contribution in [1.29, 1.82) is 0 Å². The average Bonchev–Trinajstić information content (AvgIpc) is 2.46. The number of hydrogen-bond donors (Lipinski definition) is 1. The summed E-state index contributed by atoms with van der Waals surface area (Å²) in [6.07, 6.45) is 4.84. The molecule has 2 aromatic carbocycles. The van der Waals surface area contributed by atoms with Crippen LogP contribution in [0.3, 0.4) is 0 Å². The summed E-state index contributed by atoms with van der Waals surface area (Å²) >= 11 is 0. The summed E-state index contributed by atoms with van der Waals surface area (Å²) in [6.45, 7) is 1.94. The minimum atomic E-state index is -0.868. The quantitative estimate of drug-likeness (QED) is 0.882. The first-order chi connectivity index (χ1) is 9.63. The Labute approximate surface area is 119 Å². The van der Waals surface area contributed by atoms with Crippen molar-refractivity contribution < 1.29 is 9.90 Å². The molecule has 0 atom stereocenters. The topological polar surface area (TPSA) is 37.3 Å². The maximum Gasteiger partial charge on any atom is 0.335 e. The van der Waals surface area contributed by atoms with Crippen LogP contribution in [0.25, 0.3) is 11.1 Å². The first-order valence-corrected chi connectivity index (χ1v) is 7.10. The molecule has 3 rings (SSSR count). The third kappa shape index (κ3) is 2.46. The molecule has 0 fully saturated rings. The zero-order valence-corrected chi connectivity index (χ0v) is 11.6. The van der Waals surface area contributed by atoms with E-state index in [0.29, 0.717) is 5.56 Å². The van der Waals surface area contributed by atoms with Gasteiger partial charge in [-0.1, -0.05) is 24.3 Å². The molecule has 0 amide bonds. The highest BCUT2D eigenvalue weighted by Gasteiger charge is 2.11. The Hall–Kier alpha value is -2.09. The van der Waals surface area contributed by atoms with Crippen LogP contribution in [0, 0.1) is 6.92 Å². The smallest absolute Gasteiger partial charge is 0.335 e. The molecule has 1 aliphatic rings. The van der Waals surface area contributed by atoms with Gasteiger partial charge in [-0.25, -0.2) is 4.79 Å². The molecule has 0 radical (unpaired) electrons. The molecule has 0 saturated heterocycles. The molecule has 0 bridgehead atoms. The van der Waals surface area contributed by atoms with Crippen LogP contribution < -0.4 is 0 Å². The fourth-order valence-electron chi connectivity index (χ4n) is 2.99. The van der Waals surface area contributed by atoms with Crippen LogP contribution in [-0.2, 0) is 12.8 Å². The van der Waals surface area contributed by atoms with E-state index in [4.69, 9.17) is 0 Å². The van der Waals surface area contributed by atoms with Crippen LogP contribution in [-0.4, -0.2) is 11.1 Å². The fraction of sp³-hybridized carbons (Fsp3) is 0.278. The molecule has 0 aromatic heterocycles. The van der Waals surface area contributed by atoms with E-state index >= 15 is 0 Å². The number of aryl methyl sites for hydroxylation is 3. The van der Waals surface area contributed by atoms with Crippen LogP contribution >= 0.6 is 0 Å². The summed E-state index contributed by atoms with van der Waals surface area (Å²) in [4.78, 5) is 11.2. The van der Waals surface area contributed by atoms with E-state index in [1.165, 1.54) is 30.4 Å². The molecule has 2 nitrogen and oxygen atoms in total. The molecule has 2 aromatic rings. The van der Waals surface area contributed by atoms with Gasteiger partial charge in [0.2, 0.25) is 0 Å². The molecule has 0 aliphatic heterocycles. The van der Waals surface area contributed by atoms with Crippen LogP contribution in [0.4, 0.5) is 0 Å². The van der Waals surface area contributed by atoms with Crippen molar-refractivity contribution in [3.05, 3.63) is 58.7 Å². The lowest BCUT2D eigenvalue weighted by Gasteiger charge is -2.17. The Morgan fingerprint density at radius 2 is 1.70 bits per heavy atom. The van der Waals surface area contributed by atoms with E-state index in [9.17, 15) is 9.90 Å². The molecule has 1 N–H and O–H groups in total. The first-order valence-electron chi connectivity index (χ1n) is 7.10. The van der Waals surface area contributed by atoms with E-state index in [1.54, 1.807) is 12.1 Å². The van der Waals surface area contributed by atoms with Crippen molar-refractivity contribution in [2.75, 3.05) is 0 Å². The number of rotatable bonds is 2. The largest absolute Gasteiger partial charge is 0.478 e. The van der Waals surface area contributed by atoms with Crippen molar-refractivity contribution in [3.8, 4) is 11.1 Å². The highest BCUT2D eigenvalue weighted by Crippen LogP contribution is 2.28. The number of carbonyl (C=O) groups is 1. The normalized spacial score (nSPS) is 13.8. The van der Waals surface area contributed by atoms with E-state index in [0.717, 1.165) is 23.1 Å². The van der Waals surface area contributed by atoms with Crippen LogP contribution in [0.5, 0.6) is 0 Å². The minimum Gasteiger partial charge on any atom is -0.478 e. The molecule has 1 aliphatic carbocycles. The SMILES string of the molecule is Cc1cc(C(=O)O)cc(-c2ccc3c(c2)CCCC3)c1. The minimum absolute atomic E-state index is 0.359. The summed E-state index contributed by atoms with van der Waals surface area (Å²) in [7, 11) is 0. The Kier molecular flexibility index (Phi) is 3.31. The van der Waals surface area contributed by atoms with Crippen molar-refractivity contribution in [2.24, 2.45) is 0 Å². The van der Waals surface area contributed by atoms with Crippen LogP contribution in [0.1, 0.15) is 39.9 Å². The van der Waals surface area contributed by atoms with E-state index in [2.05, 4.69) is 24.3 Å². The predicted molar refractivity (Wildman–Crippen MR) is 80.2 cm³/mol. The van der Waals surface area contributed by atoms with Gasteiger partial charge in [-0.2, -0.15) is 0 Å². The van der Waals surface area contributed by atoms with Gasteiger partial charge in [-0.05, 0) is 72.6 Å². The molecule has 0 saturated carbocycles. The number of hydrogen-bond acceptors (Lipinski definition) is 1. The monoisotopic (exact) mass is 266 g/mol. The second kappa shape index (κ2) is 5.12. The highest BCUT2D eigenvalue weighted by molar-refractivity contribution is 5.89. The van der Waals surface area contributed by atoms with Crippen molar-refractivity contribution in [1.82, 2.24) is 0 Å². The van der Waals surface area contributed by atoms with Gasteiger partial charge in [0.05, 0.1) is 5.56 Å². The van der Waals surface area contributed by atoms with E-state index in [1.807, 2.05) is 6.92 Å². The van der Waals surface area contributed by atoms with Gasteiger partial charge < -0.3 is 5.11 Å². The van der Waals surface area contributed by atoms with Crippen molar-refractivity contribution >= 4 is 5.97 Å². The van der Waals surface area contributed by atoms with Crippen LogP contribution in [0.2, 0.25) is 0 Å².